The van der Waals surface area contributed by atoms with Gasteiger partial charge in [0.25, 0.3) is 0 Å². The number of carbonyl (C=O) groups is 1. The number of piperidine rings is 1. The SMILES string of the molecule is C[N+]1(C)CCCC(OC(=O)C(O)c2ccccc2)C1. The minimum absolute atomic E-state index is 0.0883. The summed E-state index contributed by atoms with van der Waals surface area (Å²) in [6, 6.07) is 8.90. The highest BCUT2D eigenvalue weighted by atomic mass is 16.6. The van der Waals surface area contributed by atoms with Gasteiger partial charge in [-0.3, -0.25) is 0 Å². The lowest BCUT2D eigenvalue weighted by atomic mass is 10.1. The van der Waals surface area contributed by atoms with Crippen LogP contribution in [0.2, 0.25) is 0 Å². The number of likely N-dealkylation sites (tertiary alicyclic amines) is 1. The highest BCUT2D eigenvalue weighted by Crippen LogP contribution is 2.20. The van der Waals surface area contributed by atoms with E-state index in [-0.39, 0.29) is 6.10 Å². The van der Waals surface area contributed by atoms with Gasteiger partial charge in [0.05, 0.1) is 20.6 Å². The van der Waals surface area contributed by atoms with Crippen LogP contribution in [-0.4, -0.2) is 48.8 Å². The predicted octanol–water partition coefficient (Wildman–Crippen LogP) is 1.50. The van der Waals surface area contributed by atoms with Crippen molar-refractivity contribution in [3.8, 4) is 0 Å². The first-order chi connectivity index (χ1) is 8.98. The number of rotatable bonds is 3. The number of esters is 1. The molecular formula is C15H22NO3+. The van der Waals surface area contributed by atoms with Crippen LogP contribution in [0.4, 0.5) is 0 Å². The van der Waals surface area contributed by atoms with E-state index in [0.717, 1.165) is 30.4 Å². The Hall–Kier alpha value is -1.39. The highest BCUT2D eigenvalue weighted by molar-refractivity contribution is 5.76. The van der Waals surface area contributed by atoms with Crippen molar-refractivity contribution in [2.24, 2.45) is 0 Å². The summed E-state index contributed by atoms with van der Waals surface area (Å²) in [6.07, 6.45) is 0.662. The first kappa shape index (κ1) is 14.0. The molecule has 2 unspecified atom stereocenters. The molecule has 0 spiro atoms. The monoisotopic (exact) mass is 264 g/mol. The van der Waals surface area contributed by atoms with Crippen molar-refractivity contribution in [1.82, 2.24) is 0 Å². The van der Waals surface area contributed by atoms with E-state index in [0.29, 0.717) is 5.56 Å². The quantitative estimate of drug-likeness (QED) is 0.665. The highest BCUT2D eigenvalue weighted by Gasteiger charge is 2.31. The van der Waals surface area contributed by atoms with Gasteiger partial charge in [0.2, 0.25) is 0 Å². The molecule has 1 aromatic rings. The molecule has 0 saturated carbocycles. The fraction of sp³-hybridized carbons (Fsp3) is 0.533. The van der Waals surface area contributed by atoms with Crippen LogP contribution in [0.1, 0.15) is 24.5 Å². The Morgan fingerprint density at radius 3 is 2.68 bits per heavy atom. The maximum atomic E-state index is 11.9. The molecule has 1 aromatic carbocycles. The number of carbonyl (C=O) groups excluding carboxylic acids is 1. The molecule has 0 amide bonds. The van der Waals surface area contributed by atoms with Crippen molar-refractivity contribution >= 4 is 5.97 Å². The third-order valence-electron chi connectivity index (χ3n) is 3.61. The van der Waals surface area contributed by atoms with Crippen molar-refractivity contribution in [2.75, 3.05) is 27.2 Å². The van der Waals surface area contributed by atoms with Gasteiger partial charge in [0, 0.05) is 6.42 Å². The summed E-state index contributed by atoms with van der Waals surface area (Å²) in [5, 5.41) is 9.97. The van der Waals surface area contributed by atoms with E-state index < -0.39 is 12.1 Å². The van der Waals surface area contributed by atoms with Crippen LogP contribution >= 0.6 is 0 Å². The summed E-state index contributed by atoms with van der Waals surface area (Å²) < 4.78 is 6.30. The standard InChI is InChI=1S/C15H22NO3/c1-16(2)10-6-9-13(11-16)19-15(18)14(17)12-7-4-3-5-8-12/h3-5,7-8,13-14,17H,6,9-11H2,1-2H3/q+1. The summed E-state index contributed by atoms with van der Waals surface area (Å²) in [6.45, 7) is 1.92. The number of benzene rings is 1. The van der Waals surface area contributed by atoms with E-state index >= 15 is 0 Å². The zero-order valence-corrected chi connectivity index (χ0v) is 11.6. The number of aliphatic hydroxyl groups is 1. The molecule has 1 saturated heterocycles. The van der Waals surface area contributed by atoms with Gasteiger partial charge < -0.3 is 14.3 Å². The van der Waals surface area contributed by atoms with Crippen LogP contribution in [0.5, 0.6) is 0 Å². The molecule has 2 rings (SSSR count). The maximum Gasteiger partial charge on any atom is 0.340 e. The lowest BCUT2D eigenvalue weighted by molar-refractivity contribution is -0.898. The van der Waals surface area contributed by atoms with Gasteiger partial charge in [-0.15, -0.1) is 0 Å². The fourth-order valence-corrected chi connectivity index (χ4v) is 2.58. The second kappa shape index (κ2) is 5.72. The lowest BCUT2D eigenvalue weighted by Crippen LogP contribution is -2.50. The van der Waals surface area contributed by atoms with Gasteiger partial charge in [-0.1, -0.05) is 30.3 Å². The Balaban J connectivity index is 1.94. The van der Waals surface area contributed by atoms with Gasteiger partial charge in [-0.2, -0.15) is 0 Å². The fourth-order valence-electron chi connectivity index (χ4n) is 2.58. The van der Waals surface area contributed by atoms with E-state index in [9.17, 15) is 9.90 Å². The normalized spacial score (nSPS) is 23.6. The Morgan fingerprint density at radius 1 is 1.37 bits per heavy atom. The van der Waals surface area contributed by atoms with Crippen molar-refractivity contribution in [2.45, 2.75) is 25.0 Å². The summed E-state index contributed by atoms with van der Waals surface area (Å²) in [4.78, 5) is 11.9. The molecule has 4 heteroatoms. The smallest absolute Gasteiger partial charge is 0.340 e. The second-order valence-electron chi connectivity index (χ2n) is 5.86. The number of aliphatic hydroxyl groups excluding tert-OH is 1. The predicted molar refractivity (Wildman–Crippen MR) is 72.4 cm³/mol. The van der Waals surface area contributed by atoms with Crippen molar-refractivity contribution in [3.63, 3.8) is 0 Å². The Bertz CT molecular complexity index is 430. The number of nitrogens with zero attached hydrogens (tertiary/aromatic N) is 1. The molecule has 1 heterocycles. The van der Waals surface area contributed by atoms with Crippen molar-refractivity contribution in [3.05, 3.63) is 35.9 Å². The molecule has 1 N–H and O–H groups in total. The number of hydrogen-bond donors (Lipinski definition) is 1. The molecular weight excluding hydrogens is 242 g/mol. The molecule has 104 valence electrons. The molecule has 19 heavy (non-hydrogen) atoms. The van der Waals surface area contributed by atoms with Crippen LogP contribution in [0.25, 0.3) is 0 Å². The first-order valence-electron chi connectivity index (χ1n) is 6.73. The number of hydrogen-bond acceptors (Lipinski definition) is 3. The van der Waals surface area contributed by atoms with Crippen LogP contribution in [0.15, 0.2) is 30.3 Å². The van der Waals surface area contributed by atoms with E-state index in [1.165, 1.54) is 0 Å². The number of ether oxygens (including phenoxy) is 1. The molecule has 0 aromatic heterocycles. The summed E-state index contributed by atoms with van der Waals surface area (Å²) in [7, 11) is 4.27. The van der Waals surface area contributed by atoms with Gasteiger partial charge >= 0.3 is 5.97 Å². The Morgan fingerprint density at radius 2 is 2.05 bits per heavy atom. The minimum atomic E-state index is -1.18. The first-order valence-corrected chi connectivity index (χ1v) is 6.73. The zero-order chi connectivity index (χ0) is 13.9. The molecule has 0 bridgehead atoms. The van der Waals surface area contributed by atoms with Crippen LogP contribution in [-0.2, 0) is 9.53 Å². The second-order valence-corrected chi connectivity index (χ2v) is 5.86. The topological polar surface area (TPSA) is 46.5 Å². The molecule has 1 fully saturated rings. The van der Waals surface area contributed by atoms with Crippen LogP contribution in [0, 0.1) is 0 Å². The van der Waals surface area contributed by atoms with Crippen molar-refractivity contribution in [1.29, 1.82) is 0 Å². The van der Waals surface area contributed by atoms with E-state index in [1.54, 1.807) is 24.3 Å². The number of quaternary nitrogens is 1. The summed E-state index contributed by atoms with van der Waals surface area (Å²) >= 11 is 0. The molecule has 0 radical (unpaired) electrons. The molecule has 1 aliphatic heterocycles. The van der Waals surface area contributed by atoms with E-state index in [4.69, 9.17) is 4.74 Å². The average Bonchev–Trinajstić information content (AvgIpc) is 2.37. The molecule has 4 nitrogen and oxygen atoms in total. The Labute approximate surface area is 114 Å². The molecule has 0 aliphatic carbocycles. The van der Waals surface area contributed by atoms with Crippen LogP contribution in [0.3, 0.4) is 0 Å². The van der Waals surface area contributed by atoms with Crippen LogP contribution < -0.4 is 0 Å². The minimum Gasteiger partial charge on any atom is -0.454 e. The maximum absolute atomic E-state index is 11.9. The Kier molecular flexibility index (Phi) is 4.22. The molecule has 2 atom stereocenters. The molecule has 1 aliphatic rings. The average molecular weight is 264 g/mol. The van der Waals surface area contributed by atoms with Crippen molar-refractivity contribution < 1.29 is 19.1 Å². The summed E-state index contributed by atoms with van der Waals surface area (Å²) in [5.74, 6) is -0.543. The number of likely N-dealkylation sites (N-methyl/N-ethyl adjacent to an activating group) is 1. The van der Waals surface area contributed by atoms with Gasteiger partial charge in [0.1, 0.15) is 6.54 Å². The van der Waals surface area contributed by atoms with Gasteiger partial charge in [0.15, 0.2) is 12.2 Å². The largest absolute Gasteiger partial charge is 0.454 e. The third kappa shape index (κ3) is 3.78. The van der Waals surface area contributed by atoms with Gasteiger partial charge in [-0.05, 0) is 12.0 Å². The van der Waals surface area contributed by atoms with E-state index in [2.05, 4.69) is 14.1 Å². The zero-order valence-electron chi connectivity index (χ0n) is 11.6. The van der Waals surface area contributed by atoms with E-state index in [1.807, 2.05) is 6.07 Å². The van der Waals surface area contributed by atoms with Gasteiger partial charge in [-0.25, -0.2) is 4.79 Å². The summed E-state index contributed by atoms with van der Waals surface area (Å²) in [5.41, 5.74) is 0.581. The lowest BCUT2D eigenvalue weighted by Gasteiger charge is -2.37. The third-order valence-corrected chi connectivity index (χ3v) is 3.61.